The van der Waals surface area contributed by atoms with Crippen LogP contribution in [-0.4, -0.2) is 45.2 Å². The highest BCUT2D eigenvalue weighted by Crippen LogP contribution is 2.24. The first kappa shape index (κ1) is 16.7. The maximum atomic E-state index is 12.7. The molecule has 0 saturated heterocycles. The van der Waals surface area contributed by atoms with Gasteiger partial charge in [0.2, 0.25) is 0 Å². The zero-order valence-corrected chi connectivity index (χ0v) is 14.4. The van der Waals surface area contributed by atoms with Gasteiger partial charge in [0, 0.05) is 37.3 Å². The molecule has 0 aliphatic carbocycles. The molecule has 1 amide bonds. The predicted molar refractivity (Wildman–Crippen MR) is 89.1 cm³/mol. The van der Waals surface area contributed by atoms with Gasteiger partial charge in [0.15, 0.2) is 0 Å². The predicted octanol–water partition coefficient (Wildman–Crippen LogP) is 2.55. The molecule has 22 heavy (non-hydrogen) atoms. The fourth-order valence-corrected chi connectivity index (χ4v) is 3.03. The van der Waals surface area contributed by atoms with Crippen LogP contribution in [0.4, 0.5) is 0 Å². The van der Waals surface area contributed by atoms with Crippen LogP contribution in [0.5, 0.6) is 0 Å². The number of nitrogens with zero attached hydrogens (tertiary/aromatic N) is 3. The van der Waals surface area contributed by atoms with E-state index in [1.165, 1.54) is 0 Å². The summed E-state index contributed by atoms with van der Waals surface area (Å²) in [6, 6.07) is 1.88. The summed E-state index contributed by atoms with van der Waals surface area (Å²) in [7, 11) is 1.86. The van der Waals surface area contributed by atoms with Crippen LogP contribution < -0.4 is 0 Å². The molecular weight excluding hydrogens is 298 g/mol. The number of carbonyl (C=O) groups is 1. The fourth-order valence-electron chi connectivity index (χ4n) is 2.41. The van der Waals surface area contributed by atoms with Gasteiger partial charge < -0.3 is 14.6 Å². The summed E-state index contributed by atoms with van der Waals surface area (Å²) in [5.74, 6) is 0.305. The molecule has 6 heteroatoms. The molecule has 1 N–H and O–H groups in total. The van der Waals surface area contributed by atoms with Gasteiger partial charge in [-0.1, -0.05) is 13.8 Å². The molecular formula is C16H23N3O2S. The Morgan fingerprint density at radius 2 is 2.23 bits per heavy atom. The lowest BCUT2D eigenvalue weighted by atomic mass is 10.2. The second-order valence-corrected chi connectivity index (χ2v) is 6.91. The summed E-state index contributed by atoms with van der Waals surface area (Å²) < 4.78 is 1.83. The van der Waals surface area contributed by atoms with Crippen molar-refractivity contribution in [3.05, 3.63) is 28.3 Å². The SMILES string of the molecule is Cc1nc(-c2cc(C(=O)N(CCO)CC(C)C)n(C)c2)cs1. The molecule has 120 valence electrons. The molecule has 0 spiro atoms. The number of aliphatic hydroxyl groups is 1. The maximum Gasteiger partial charge on any atom is 0.270 e. The molecule has 0 atom stereocenters. The van der Waals surface area contributed by atoms with Gasteiger partial charge in [0.25, 0.3) is 5.91 Å². The van der Waals surface area contributed by atoms with Crippen molar-refractivity contribution < 1.29 is 9.90 Å². The van der Waals surface area contributed by atoms with Crippen LogP contribution in [0.1, 0.15) is 29.3 Å². The van der Waals surface area contributed by atoms with Crippen molar-refractivity contribution in [1.82, 2.24) is 14.5 Å². The Bertz CT molecular complexity index is 646. The number of aromatic nitrogens is 2. The smallest absolute Gasteiger partial charge is 0.270 e. The van der Waals surface area contributed by atoms with Gasteiger partial charge in [-0.15, -0.1) is 11.3 Å². The van der Waals surface area contributed by atoms with Crippen LogP contribution in [0.3, 0.4) is 0 Å². The van der Waals surface area contributed by atoms with Crippen molar-refractivity contribution in [1.29, 1.82) is 0 Å². The van der Waals surface area contributed by atoms with Crippen LogP contribution in [0.25, 0.3) is 11.3 Å². The third-order valence-electron chi connectivity index (χ3n) is 3.38. The van der Waals surface area contributed by atoms with E-state index in [-0.39, 0.29) is 12.5 Å². The number of aryl methyl sites for hydroxylation is 2. The number of rotatable bonds is 6. The van der Waals surface area contributed by atoms with E-state index in [0.717, 1.165) is 16.3 Å². The summed E-state index contributed by atoms with van der Waals surface area (Å²) in [6.45, 7) is 7.05. The number of aliphatic hydroxyl groups excluding tert-OH is 1. The lowest BCUT2D eigenvalue weighted by molar-refractivity contribution is 0.0690. The molecule has 5 nitrogen and oxygen atoms in total. The zero-order chi connectivity index (χ0) is 16.3. The van der Waals surface area contributed by atoms with Crippen molar-refractivity contribution in [3.8, 4) is 11.3 Å². The average Bonchev–Trinajstić information content (AvgIpc) is 3.03. The fraction of sp³-hybridized carbons (Fsp3) is 0.500. The Hall–Kier alpha value is -1.66. The minimum atomic E-state index is -0.0524. The average molecular weight is 321 g/mol. The Kier molecular flexibility index (Phi) is 5.37. The van der Waals surface area contributed by atoms with E-state index >= 15 is 0 Å². The van der Waals surface area contributed by atoms with Crippen LogP contribution in [0.15, 0.2) is 17.6 Å². The summed E-state index contributed by atoms with van der Waals surface area (Å²) in [6.07, 6.45) is 1.92. The molecule has 0 aliphatic rings. The van der Waals surface area contributed by atoms with E-state index in [1.807, 2.05) is 36.2 Å². The van der Waals surface area contributed by atoms with Crippen molar-refractivity contribution in [2.45, 2.75) is 20.8 Å². The minimum Gasteiger partial charge on any atom is -0.395 e. The molecule has 0 unspecified atom stereocenters. The molecule has 0 bridgehead atoms. The second-order valence-electron chi connectivity index (χ2n) is 5.85. The number of carbonyl (C=O) groups excluding carboxylic acids is 1. The second kappa shape index (κ2) is 7.07. The molecule has 2 aromatic heterocycles. The maximum absolute atomic E-state index is 12.7. The third-order valence-corrected chi connectivity index (χ3v) is 4.16. The van der Waals surface area contributed by atoms with Crippen molar-refractivity contribution in [3.63, 3.8) is 0 Å². The molecule has 0 fully saturated rings. The van der Waals surface area contributed by atoms with Crippen LogP contribution >= 0.6 is 11.3 Å². The standard InChI is InChI=1S/C16H23N3O2S/c1-11(2)8-19(5-6-20)16(21)15-7-13(9-18(15)4)14-10-22-12(3)17-14/h7,9-11,20H,5-6,8H2,1-4H3. The summed E-state index contributed by atoms with van der Waals surface area (Å²) in [5, 5.41) is 12.2. The first-order chi connectivity index (χ1) is 10.4. The molecule has 0 aliphatic heterocycles. The molecule has 2 heterocycles. The lowest BCUT2D eigenvalue weighted by Crippen LogP contribution is -2.37. The summed E-state index contributed by atoms with van der Waals surface area (Å²) in [5.41, 5.74) is 2.47. The molecule has 2 rings (SSSR count). The quantitative estimate of drug-likeness (QED) is 0.889. The van der Waals surface area contributed by atoms with Crippen molar-refractivity contribution in [2.24, 2.45) is 13.0 Å². The number of hydrogen-bond donors (Lipinski definition) is 1. The summed E-state index contributed by atoms with van der Waals surface area (Å²) in [4.78, 5) is 18.9. The van der Waals surface area contributed by atoms with E-state index in [1.54, 1.807) is 16.2 Å². The zero-order valence-electron chi connectivity index (χ0n) is 13.5. The Morgan fingerprint density at radius 1 is 1.50 bits per heavy atom. The normalized spacial score (nSPS) is 11.2. The highest BCUT2D eigenvalue weighted by Gasteiger charge is 2.20. The molecule has 0 saturated carbocycles. The first-order valence-electron chi connectivity index (χ1n) is 7.41. The highest BCUT2D eigenvalue weighted by molar-refractivity contribution is 7.09. The van der Waals surface area contributed by atoms with E-state index in [2.05, 4.69) is 18.8 Å². The van der Waals surface area contributed by atoms with Gasteiger partial charge in [0.1, 0.15) is 5.69 Å². The lowest BCUT2D eigenvalue weighted by Gasteiger charge is -2.23. The number of hydrogen-bond acceptors (Lipinski definition) is 4. The first-order valence-corrected chi connectivity index (χ1v) is 8.29. The molecule has 0 radical (unpaired) electrons. The monoisotopic (exact) mass is 321 g/mol. The van der Waals surface area contributed by atoms with E-state index in [0.29, 0.717) is 24.7 Å². The molecule has 2 aromatic rings. The third kappa shape index (κ3) is 3.75. The van der Waals surface area contributed by atoms with Crippen LogP contribution in [-0.2, 0) is 7.05 Å². The topological polar surface area (TPSA) is 58.4 Å². The van der Waals surface area contributed by atoms with Gasteiger partial charge in [-0.2, -0.15) is 0 Å². The number of thiazole rings is 1. The van der Waals surface area contributed by atoms with Gasteiger partial charge in [0.05, 0.1) is 17.3 Å². The largest absolute Gasteiger partial charge is 0.395 e. The minimum absolute atomic E-state index is 0.0268. The number of amides is 1. The Balaban J connectivity index is 2.27. The highest BCUT2D eigenvalue weighted by atomic mass is 32.1. The van der Waals surface area contributed by atoms with Crippen molar-refractivity contribution in [2.75, 3.05) is 19.7 Å². The van der Waals surface area contributed by atoms with Gasteiger partial charge in [-0.25, -0.2) is 4.98 Å². The Morgan fingerprint density at radius 3 is 2.77 bits per heavy atom. The summed E-state index contributed by atoms with van der Waals surface area (Å²) >= 11 is 1.60. The van der Waals surface area contributed by atoms with E-state index < -0.39 is 0 Å². The van der Waals surface area contributed by atoms with Crippen molar-refractivity contribution >= 4 is 17.2 Å². The Labute approximate surface area is 135 Å². The van der Waals surface area contributed by atoms with Gasteiger partial charge in [-0.3, -0.25) is 4.79 Å². The van der Waals surface area contributed by atoms with Gasteiger partial charge in [-0.05, 0) is 18.9 Å². The van der Waals surface area contributed by atoms with Gasteiger partial charge >= 0.3 is 0 Å². The van der Waals surface area contributed by atoms with Crippen LogP contribution in [0, 0.1) is 12.8 Å². The molecule has 0 aromatic carbocycles. The van der Waals surface area contributed by atoms with E-state index in [9.17, 15) is 9.90 Å². The van der Waals surface area contributed by atoms with E-state index in [4.69, 9.17) is 0 Å². The van der Waals surface area contributed by atoms with Crippen LogP contribution in [0.2, 0.25) is 0 Å².